The van der Waals surface area contributed by atoms with Crippen LogP contribution in [0.2, 0.25) is 0 Å². The van der Waals surface area contributed by atoms with Crippen LogP contribution in [-0.2, 0) is 5.41 Å². The van der Waals surface area contributed by atoms with Gasteiger partial charge in [0.05, 0.1) is 5.41 Å². The van der Waals surface area contributed by atoms with Gasteiger partial charge in [-0.05, 0) is 63.7 Å². The van der Waals surface area contributed by atoms with Crippen LogP contribution in [0, 0.1) is 0 Å². The smallest absolute Gasteiger partial charge is 0.164 e. The fourth-order valence-electron chi connectivity index (χ4n) is 9.15. The number of hydrogen-bond acceptors (Lipinski definition) is 5. The Morgan fingerprint density at radius 1 is 0.351 bits per heavy atom. The van der Waals surface area contributed by atoms with Crippen molar-refractivity contribution >= 4 is 21.9 Å². The largest absolute Gasteiger partial charge is 0.457 e. The maximum absolute atomic E-state index is 6.79. The maximum Gasteiger partial charge on any atom is 0.164 e. The Kier molecular flexibility index (Phi) is 6.78. The Labute approximate surface area is 328 Å². The van der Waals surface area contributed by atoms with Crippen LogP contribution in [0.4, 0.5) is 0 Å². The lowest BCUT2D eigenvalue weighted by molar-refractivity contribution is 0.436. The van der Waals surface area contributed by atoms with Gasteiger partial charge in [-0.2, -0.15) is 0 Å². The quantitative estimate of drug-likeness (QED) is 0.180. The molecule has 5 nitrogen and oxygen atoms in total. The molecule has 0 saturated carbocycles. The van der Waals surface area contributed by atoms with E-state index in [-0.39, 0.29) is 0 Å². The first-order valence-corrected chi connectivity index (χ1v) is 19.2. The van der Waals surface area contributed by atoms with Crippen LogP contribution < -0.4 is 4.74 Å². The van der Waals surface area contributed by atoms with E-state index in [1.165, 1.54) is 22.3 Å². The first-order chi connectivity index (χ1) is 28.2. The number of aromatic nitrogens is 3. The Morgan fingerprint density at radius 2 is 0.860 bits per heavy atom. The van der Waals surface area contributed by atoms with E-state index in [9.17, 15) is 0 Å². The molecule has 266 valence electrons. The Morgan fingerprint density at radius 3 is 1.49 bits per heavy atom. The standard InChI is InChI=1S/C52H31N3O2/c1-3-14-33(15-4-1)49-53-50(34-16-5-2-6-17-34)55-51(54-49)35-28-26-32(27-29-35)36-19-13-25-46-48(36)39-30-38-37-18-7-8-20-40(37)52(43(38)31-47(39)57-46)41-21-9-11-23-44(41)56-45-24-12-10-22-42(45)52/h1-31H. The van der Waals surface area contributed by atoms with Crippen LogP contribution >= 0.6 is 0 Å². The summed E-state index contributed by atoms with van der Waals surface area (Å²) in [5.41, 5.74) is 13.3. The number of fused-ring (bicyclic) bond motifs is 12. The first kappa shape index (κ1) is 31.7. The molecule has 1 aliphatic carbocycles. The monoisotopic (exact) mass is 729 g/mol. The molecule has 2 aliphatic rings. The predicted molar refractivity (Wildman–Crippen MR) is 226 cm³/mol. The number of ether oxygens (including phenoxy) is 1. The van der Waals surface area contributed by atoms with Crippen molar-refractivity contribution in [2.45, 2.75) is 5.41 Å². The summed E-state index contributed by atoms with van der Waals surface area (Å²) in [7, 11) is 0. The topological polar surface area (TPSA) is 61.0 Å². The highest BCUT2D eigenvalue weighted by Crippen LogP contribution is 2.62. The zero-order chi connectivity index (χ0) is 37.5. The molecule has 0 bridgehead atoms. The second-order valence-electron chi connectivity index (χ2n) is 14.7. The van der Waals surface area contributed by atoms with Gasteiger partial charge in [-0.25, -0.2) is 15.0 Å². The van der Waals surface area contributed by atoms with Crippen molar-refractivity contribution in [2.75, 3.05) is 0 Å². The second kappa shape index (κ2) is 12.2. The lowest BCUT2D eigenvalue weighted by atomic mass is 9.66. The van der Waals surface area contributed by atoms with Gasteiger partial charge in [0.2, 0.25) is 0 Å². The number of hydrogen-bond donors (Lipinski definition) is 0. The van der Waals surface area contributed by atoms with Crippen molar-refractivity contribution < 1.29 is 9.15 Å². The predicted octanol–water partition coefficient (Wildman–Crippen LogP) is 12.9. The molecule has 0 saturated heterocycles. The van der Waals surface area contributed by atoms with E-state index < -0.39 is 5.41 Å². The summed E-state index contributed by atoms with van der Waals surface area (Å²) in [4.78, 5) is 14.8. The molecule has 0 N–H and O–H groups in total. The fraction of sp³-hybridized carbons (Fsp3) is 0.0192. The minimum atomic E-state index is -0.557. The summed E-state index contributed by atoms with van der Waals surface area (Å²) in [5, 5.41) is 2.17. The molecule has 3 heterocycles. The van der Waals surface area contributed by atoms with E-state index in [1.54, 1.807) is 0 Å². The highest BCUT2D eigenvalue weighted by molar-refractivity contribution is 6.14. The molecule has 1 spiro atoms. The zero-order valence-electron chi connectivity index (χ0n) is 30.6. The Hall–Kier alpha value is -7.63. The molecule has 2 aromatic heterocycles. The Balaban J connectivity index is 1.02. The molecule has 0 atom stereocenters. The first-order valence-electron chi connectivity index (χ1n) is 19.2. The number of nitrogens with zero attached hydrogens (tertiary/aromatic N) is 3. The molecule has 5 heteroatoms. The van der Waals surface area contributed by atoms with Gasteiger partial charge in [0, 0.05) is 38.6 Å². The summed E-state index contributed by atoms with van der Waals surface area (Å²) in [5.74, 6) is 3.65. The maximum atomic E-state index is 6.79. The van der Waals surface area contributed by atoms with Gasteiger partial charge in [0.15, 0.2) is 17.5 Å². The SMILES string of the molecule is c1ccc(-c2nc(-c3ccccc3)nc(-c3ccc(-c4cccc5oc6cc7c(cc6c45)-c4ccccc4C74c5ccccc5Oc5ccccc54)cc3)n2)cc1. The molecule has 0 unspecified atom stereocenters. The molecule has 10 aromatic rings. The zero-order valence-corrected chi connectivity index (χ0v) is 30.6. The fourth-order valence-corrected chi connectivity index (χ4v) is 9.15. The van der Waals surface area contributed by atoms with Gasteiger partial charge in [-0.15, -0.1) is 0 Å². The summed E-state index contributed by atoms with van der Waals surface area (Å²) >= 11 is 0. The summed E-state index contributed by atoms with van der Waals surface area (Å²) in [6.07, 6.45) is 0. The third-order valence-corrected chi connectivity index (χ3v) is 11.6. The van der Waals surface area contributed by atoms with Gasteiger partial charge in [0.25, 0.3) is 0 Å². The van der Waals surface area contributed by atoms with Crippen molar-refractivity contribution in [2.24, 2.45) is 0 Å². The van der Waals surface area contributed by atoms with Crippen molar-refractivity contribution in [3.8, 4) is 67.9 Å². The van der Waals surface area contributed by atoms with Crippen molar-refractivity contribution in [1.29, 1.82) is 0 Å². The molecule has 0 amide bonds. The second-order valence-corrected chi connectivity index (χ2v) is 14.7. The van der Waals surface area contributed by atoms with Crippen LogP contribution in [0.25, 0.3) is 78.4 Å². The van der Waals surface area contributed by atoms with E-state index >= 15 is 0 Å². The number of benzene rings is 8. The van der Waals surface area contributed by atoms with Crippen molar-refractivity contribution in [1.82, 2.24) is 15.0 Å². The molecule has 8 aromatic carbocycles. The van der Waals surface area contributed by atoms with Crippen LogP contribution in [0.15, 0.2) is 192 Å². The van der Waals surface area contributed by atoms with Crippen LogP contribution in [0.3, 0.4) is 0 Å². The average Bonchev–Trinajstić information content (AvgIpc) is 3.79. The van der Waals surface area contributed by atoms with Crippen molar-refractivity contribution in [3.63, 3.8) is 0 Å². The number of furan rings is 1. The minimum Gasteiger partial charge on any atom is -0.457 e. The summed E-state index contributed by atoms with van der Waals surface area (Å²) < 4.78 is 13.3. The van der Waals surface area contributed by atoms with Gasteiger partial charge in [-0.1, -0.05) is 158 Å². The van der Waals surface area contributed by atoms with Gasteiger partial charge in [0.1, 0.15) is 22.7 Å². The third-order valence-electron chi connectivity index (χ3n) is 11.6. The summed E-state index contributed by atoms with van der Waals surface area (Å²) in [6.45, 7) is 0. The minimum absolute atomic E-state index is 0.557. The van der Waals surface area contributed by atoms with Crippen molar-refractivity contribution in [3.05, 3.63) is 210 Å². The molecule has 0 fully saturated rings. The van der Waals surface area contributed by atoms with Gasteiger partial charge >= 0.3 is 0 Å². The van der Waals surface area contributed by atoms with Gasteiger partial charge in [-0.3, -0.25) is 0 Å². The number of rotatable bonds is 4. The average molecular weight is 730 g/mol. The van der Waals surface area contributed by atoms with E-state index in [4.69, 9.17) is 24.1 Å². The lowest BCUT2D eigenvalue weighted by Crippen LogP contribution is -2.32. The van der Waals surface area contributed by atoms with E-state index in [2.05, 4.69) is 115 Å². The lowest BCUT2D eigenvalue weighted by Gasteiger charge is -2.39. The molecule has 12 rings (SSSR count). The Bertz CT molecular complexity index is 3100. The highest BCUT2D eigenvalue weighted by Gasteiger charge is 2.51. The normalized spacial score (nSPS) is 13.2. The molecular formula is C52H31N3O2. The molecular weight excluding hydrogens is 699 g/mol. The molecule has 0 radical (unpaired) electrons. The number of para-hydroxylation sites is 2. The molecule has 57 heavy (non-hydrogen) atoms. The van der Waals surface area contributed by atoms with E-state index in [0.717, 1.165) is 72.4 Å². The van der Waals surface area contributed by atoms with E-state index in [1.807, 2.05) is 72.8 Å². The van der Waals surface area contributed by atoms with Gasteiger partial charge < -0.3 is 9.15 Å². The third kappa shape index (κ3) is 4.66. The highest BCUT2D eigenvalue weighted by atomic mass is 16.5. The van der Waals surface area contributed by atoms with Crippen LogP contribution in [0.1, 0.15) is 22.3 Å². The molecule has 1 aliphatic heterocycles. The van der Waals surface area contributed by atoms with Crippen LogP contribution in [0.5, 0.6) is 11.5 Å². The summed E-state index contributed by atoms with van der Waals surface area (Å²) in [6, 6.07) is 65.3. The van der Waals surface area contributed by atoms with E-state index in [0.29, 0.717) is 17.5 Å². The van der Waals surface area contributed by atoms with Crippen LogP contribution in [-0.4, -0.2) is 15.0 Å².